The fourth-order valence-corrected chi connectivity index (χ4v) is 3.35. The second-order valence-electron chi connectivity index (χ2n) is 7.85. The standard InChI is InChI=1S/C19H30N2O2/c1-19(2,3)12-16-10-11-21(14-16)18(22)20(4)13-15-6-8-17(23-5)9-7-15/h6-9,16H,10-14H2,1-5H3/t16-/m1/s1. The number of benzene rings is 1. The third-order valence-electron chi connectivity index (χ3n) is 4.36. The molecule has 0 aromatic heterocycles. The van der Waals surface area contributed by atoms with Crippen LogP contribution in [0.2, 0.25) is 0 Å². The van der Waals surface area contributed by atoms with Crippen LogP contribution in [0.3, 0.4) is 0 Å². The number of ether oxygens (including phenoxy) is 1. The van der Waals surface area contributed by atoms with Crippen LogP contribution in [-0.4, -0.2) is 43.1 Å². The van der Waals surface area contributed by atoms with Gasteiger partial charge in [0.05, 0.1) is 7.11 Å². The summed E-state index contributed by atoms with van der Waals surface area (Å²) >= 11 is 0. The topological polar surface area (TPSA) is 32.8 Å². The Bertz CT molecular complexity index is 519. The first-order chi connectivity index (χ1) is 10.8. The number of hydrogen-bond acceptors (Lipinski definition) is 2. The van der Waals surface area contributed by atoms with Crippen LogP contribution in [0.1, 0.15) is 39.2 Å². The minimum Gasteiger partial charge on any atom is -0.497 e. The first kappa shape index (κ1) is 17.6. The number of urea groups is 1. The molecule has 0 bridgehead atoms. The van der Waals surface area contributed by atoms with Gasteiger partial charge in [0.1, 0.15) is 5.75 Å². The van der Waals surface area contributed by atoms with E-state index in [1.807, 2.05) is 36.2 Å². The van der Waals surface area contributed by atoms with Crippen molar-refractivity contribution in [3.63, 3.8) is 0 Å². The fraction of sp³-hybridized carbons (Fsp3) is 0.632. The molecule has 0 radical (unpaired) electrons. The minimum absolute atomic E-state index is 0.136. The van der Waals surface area contributed by atoms with Crippen LogP contribution in [0.5, 0.6) is 5.75 Å². The lowest BCUT2D eigenvalue weighted by Crippen LogP contribution is -2.39. The van der Waals surface area contributed by atoms with Crippen molar-refractivity contribution in [2.75, 3.05) is 27.2 Å². The third-order valence-corrected chi connectivity index (χ3v) is 4.36. The van der Waals surface area contributed by atoms with E-state index in [9.17, 15) is 4.79 Å². The van der Waals surface area contributed by atoms with Crippen LogP contribution < -0.4 is 4.74 Å². The van der Waals surface area contributed by atoms with Crippen molar-refractivity contribution in [3.8, 4) is 5.75 Å². The Morgan fingerprint density at radius 3 is 2.52 bits per heavy atom. The maximum atomic E-state index is 12.6. The molecule has 1 aliphatic heterocycles. The first-order valence-corrected chi connectivity index (χ1v) is 8.41. The van der Waals surface area contributed by atoms with E-state index in [1.165, 1.54) is 6.42 Å². The number of carbonyl (C=O) groups is 1. The van der Waals surface area contributed by atoms with Gasteiger partial charge in [-0.15, -0.1) is 0 Å². The van der Waals surface area contributed by atoms with Gasteiger partial charge in [0.2, 0.25) is 0 Å². The number of likely N-dealkylation sites (tertiary alicyclic amines) is 1. The molecule has 4 nitrogen and oxygen atoms in total. The van der Waals surface area contributed by atoms with Crippen LogP contribution >= 0.6 is 0 Å². The molecule has 128 valence electrons. The summed E-state index contributed by atoms with van der Waals surface area (Å²) in [5, 5.41) is 0. The number of methoxy groups -OCH3 is 1. The van der Waals surface area contributed by atoms with Gasteiger partial charge in [0, 0.05) is 26.7 Å². The quantitative estimate of drug-likeness (QED) is 0.840. The average Bonchev–Trinajstić information content (AvgIpc) is 2.93. The van der Waals surface area contributed by atoms with E-state index in [2.05, 4.69) is 20.8 Å². The summed E-state index contributed by atoms with van der Waals surface area (Å²) in [4.78, 5) is 16.4. The molecule has 0 N–H and O–H groups in total. The lowest BCUT2D eigenvalue weighted by Gasteiger charge is -2.26. The molecule has 1 heterocycles. The van der Waals surface area contributed by atoms with Crippen LogP contribution in [-0.2, 0) is 6.54 Å². The van der Waals surface area contributed by atoms with E-state index < -0.39 is 0 Å². The van der Waals surface area contributed by atoms with Crippen molar-refractivity contribution < 1.29 is 9.53 Å². The molecule has 4 heteroatoms. The maximum Gasteiger partial charge on any atom is 0.320 e. The summed E-state index contributed by atoms with van der Waals surface area (Å²) in [6.45, 7) is 9.21. The second kappa shape index (κ2) is 7.24. The molecule has 1 fully saturated rings. The number of carbonyl (C=O) groups excluding carboxylic acids is 1. The second-order valence-corrected chi connectivity index (χ2v) is 7.85. The van der Waals surface area contributed by atoms with E-state index in [0.29, 0.717) is 17.9 Å². The molecule has 2 amide bonds. The molecule has 0 aliphatic carbocycles. The van der Waals surface area contributed by atoms with Gasteiger partial charge in [-0.1, -0.05) is 32.9 Å². The van der Waals surface area contributed by atoms with E-state index in [1.54, 1.807) is 12.0 Å². The van der Waals surface area contributed by atoms with Crippen molar-refractivity contribution >= 4 is 6.03 Å². The average molecular weight is 318 g/mol. The Hall–Kier alpha value is -1.71. The molecule has 1 aromatic carbocycles. The third kappa shape index (κ3) is 5.15. The molecule has 2 rings (SSSR count). The van der Waals surface area contributed by atoms with Gasteiger partial charge in [-0.25, -0.2) is 4.79 Å². The lowest BCUT2D eigenvalue weighted by molar-refractivity contribution is 0.167. The van der Waals surface area contributed by atoms with Gasteiger partial charge in [0.25, 0.3) is 0 Å². The summed E-state index contributed by atoms with van der Waals surface area (Å²) in [5.41, 5.74) is 1.45. The summed E-state index contributed by atoms with van der Waals surface area (Å²) in [6.07, 6.45) is 2.30. The maximum absolute atomic E-state index is 12.6. The van der Waals surface area contributed by atoms with Crippen molar-refractivity contribution in [1.29, 1.82) is 0 Å². The fourth-order valence-electron chi connectivity index (χ4n) is 3.35. The molecule has 1 aliphatic rings. The van der Waals surface area contributed by atoms with Crippen molar-refractivity contribution in [2.24, 2.45) is 11.3 Å². The molecule has 0 saturated carbocycles. The van der Waals surface area contributed by atoms with Gasteiger partial charge in [-0.2, -0.15) is 0 Å². The molecule has 1 atom stereocenters. The van der Waals surface area contributed by atoms with Gasteiger partial charge < -0.3 is 14.5 Å². The predicted molar refractivity (Wildman–Crippen MR) is 93.6 cm³/mol. The molecule has 1 aromatic rings. The number of rotatable bonds is 4. The molecule has 0 unspecified atom stereocenters. The van der Waals surface area contributed by atoms with Crippen LogP contribution in [0.4, 0.5) is 4.79 Å². The van der Waals surface area contributed by atoms with Gasteiger partial charge in [-0.3, -0.25) is 0 Å². The van der Waals surface area contributed by atoms with Gasteiger partial charge >= 0.3 is 6.03 Å². The number of hydrogen-bond donors (Lipinski definition) is 0. The molecular weight excluding hydrogens is 288 g/mol. The number of nitrogens with zero attached hydrogens (tertiary/aromatic N) is 2. The highest BCUT2D eigenvalue weighted by Gasteiger charge is 2.30. The normalized spacial score (nSPS) is 18.1. The van der Waals surface area contributed by atoms with Crippen molar-refractivity contribution in [1.82, 2.24) is 9.80 Å². The zero-order valence-corrected chi connectivity index (χ0v) is 15.1. The molecule has 23 heavy (non-hydrogen) atoms. The SMILES string of the molecule is COc1ccc(CN(C)C(=O)N2CC[C@H](CC(C)(C)C)C2)cc1. The van der Waals surface area contributed by atoms with E-state index in [0.717, 1.165) is 30.8 Å². The van der Waals surface area contributed by atoms with Gasteiger partial charge in [-0.05, 0) is 41.9 Å². The highest BCUT2D eigenvalue weighted by molar-refractivity contribution is 5.74. The molecule has 1 saturated heterocycles. The van der Waals surface area contributed by atoms with E-state index >= 15 is 0 Å². The minimum atomic E-state index is 0.136. The summed E-state index contributed by atoms with van der Waals surface area (Å²) in [5.74, 6) is 1.47. The molecular formula is C19H30N2O2. The lowest BCUT2D eigenvalue weighted by atomic mass is 9.84. The van der Waals surface area contributed by atoms with Crippen molar-refractivity contribution in [3.05, 3.63) is 29.8 Å². The van der Waals surface area contributed by atoms with E-state index in [-0.39, 0.29) is 6.03 Å². The smallest absolute Gasteiger partial charge is 0.320 e. The molecule has 0 spiro atoms. The first-order valence-electron chi connectivity index (χ1n) is 8.41. The highest BCUT2D eigenvalue weighted by Crippen LogP contribution is 2.30. The monoisotopic (exact) mass is 318 g/mol. The zero-order chi connectivity index (χ0) is 17.0. The Balaban J connectivity index is 1.87. The summed E-state index contributed by atoms with van der Waals surface area (Å²) < 4.78 is 5.17. The highest BCUT2D eigenvalue weighted by atomic mass is 16.5. The van der Waals surface area contributed by atoms with Crippen LogP contribution in [0.25, 0.3) is 0 Å². The zero-order valence-electron chi connectivity index (χ0n) is 15.1. The number of amides is 2. The predicted octanol–water partition coefficient (Wildman–Crippen LogP) is 4.01. The Labute approximate surface area is 140 Å². The summed E-state index contributed by atoms with van der Waals surface area (Å²) in [7, 11) is 3.54. The Kier molecular flexibility index (Phi) is 5.55. The van der Waals surface area contributed by atoms with Crippen LogP contribution in [0.15, 0.2) is 24.3 Å². The Morgan fingerprint density at radius 2 is 1.96 bits per heavy atom. The van der Waals surface area contributed by atoms with Crippen molar-refractivity contribution in [2.45, 2.75) is 40.2 Å². The van der Waals surface area contributed by atoms with E-state index in [4.69, 9.17) is 4.74 Å². The van der Waals surface area contributed by atoms with Crippen LogP contribution in [0, 0.1) is 11.3 Å². The largest absolute Gasteiger partial charge is 0.497 e. The Morgan fingerprint density at radius 1 is 1.30 bits per heavy atom. The summed E-state index contributed by atoms with van der Waals surface area (Å²) in [6, 6.07) is 8.02. The van der Waals surface area contributed by atoms with Gasteiger partial charge in [0.15, 0.2) is 0 Å².